The number of fused-ring (bicyclic) bond motifs is 1. The number of amides is 3. The van der Waals surface area contributed by atoms with Gasteiger partial charge in [0.15, 0.2) is 5.13 Å². The number of hydrogen-bond donors (Lipinski definition) is 1. The second-order valence-electron chi connectivity index (χ2n) is 6.27. The van der Waals surface area contributed by atoms with Crippen LogP contribution >= 0.6 is 11.3 Å². The number of nitrogens with zero attached hydrogens (tertiary/aromatic N) is 2. The molecule has 0 saturated carbocycles. The molecule has 0 fully saturated rings. The Morgan fingerprint density at radius 2 is 1.76 bits per heavy atom. The van der Waals surface area contributed by atoms with Crippen LogP contribution < -0.4 is 5.32 Å². The van der Waals surface area contributed by atoms with Gasteiger partial charge in [0.05, 0.1) is 16.7 Å². The molecule has 1 aliphatic heterocycles. The third-order valence-electron chi connectivity index (χ3n) is 4.41. The lowest BCUT2D eigenvalue weighted by molar-refractivity contribution is 0.0656. The van der Waals surface area contributed by atoms with Crippen molar-refractivity contribution in [3.05, 3.63) is 81.9 Å². The maximum atomic E-state index is 13.7. The molecule has 146 valence electrons. The maximum absolute atomic E-state index is 13.7. The molecule has 9 heteroatoms. The number of carbonyl (C=O) groups excluding carboxylic acids is 3. The molecule has 0 radical (unpaired) electrons. The van der Waals surface area contributed by atoms with Gasteiger partial charge in [0, 0.05) is 30.1 Å². The first-order chi connectivity index (χ1) is 13.9. The molecule has 3 aromatic rings. The van der Waals surface area contributed by atoms with Gasteiger partial charge >= 0.3 is 0 Å². The zero-order valence-electron chi connectivity index (χ0n) is 14.8. The largest absolute Gasteiger partial charge is 0.298 e. The topological polar surface area (TPSA) is 79.4 Å². The number of hydrogen-bond acceptors (Lipinski definition) is 5. The normalized spacial score (nSPS) is 13.0. The van der Waals surface area contributed by atoms with Crippen LogP contribution in [0.2, 0.25) is 0 Å². The molecular formula is C20H13F2N3O3S. The molecule has 4 rings (SSSR count). The summed E-state index contributed by atoms with van der Waals surface area (Å²) < 4.78 is 26.7. The third kappa shape index (κ3) is 3.64. The fourth-order valence-corrected chi connectivity index (χ4v) is 3.78. The summed E-state index contributed by atoms with van der Waals surface area (Å²) in [5.41, 5.74) is 0.473. The molecule has 0 spiro atoms. The highest BCUT2D eigenvalue weighted by atomic mass is 32.1. The monoisotopic (exact) mass is 413 g/mol. The van der Waals surface area contributed by atoms with Crippen molar-refractivity contribution in [3.8, 4) is 0 Å². The standard InChI is InChI=1S/C20H13F2N3O3S/c21-11-5-6-15(16(22)9-11)17(26)24-20-23-10-12(29-20)7-8-25-18(27)13-3-1-2-4-14(13)19(25)28/h1-6,9-10H,7-8H2,(H,23,24,26). The highest BCUT2D eigenvalue weighted by Crippen LogP contribution is 2.24. The second kappa shape index (κ2) is 7.51. The summed E-state index contributed by atoms with van der Waals surface area (Å²) in [6.45, 7) is 0.175. The minimum absolute atomic E-state index is 0.175. The lowest BCUT2D eigenvalue weighted by Gasteiger charge is -2.12. The van der Waals surface area contributed by atoms with Gasteiger partial charge < -0.3 is 0 Å². The van der Waals surface area contributed by atoms with E-state index in [9.17, 15) is 23.2 Å². The Balaban J connectivity index is 1.40. The van der Waals surface area contributed by atoms with Gasteiger partial charge in [-0.15, -0.1) is 11.3 Å². The molecule has 29 heavy (non-hydrogen) atoms. The van der Waals surface area contributed by atoms with E-state index >= 15 is 0 Å². The molecule has 0 bridgehead atoms. The molecule has 2 heterocycles. The maximum Gasteiger partial charge on any atom is 0.261 e. The van der Waals surface area contributed by atoms with Crippen molar-refractivity contribution in [1.82, 2.24) is 9.88 Å². The van der Waals surface area contributed by atoms with Crippen molar-refractivity contribution < 1.29 is 23.2 Å². The van der Waals surface area contributed by atoms with Crippen LogP contribution in [0.15, 0.2) is 48.7 Å². The minimum Gasteiger partial charge on any atom is -0.298 e. The molecule has 3 amide bonds. The second-order valence-corrected chi connectivity index (χ2v) is 7.38. The van der Waals surface area contributed by atoms with Crippen molar-refractivity contribution in [2.45, 2.75) is 6.42 Å². The van der Waals surface area contributed by atoms with Crippen LogP contribution in [-0.2, 0) is 6.42 Å². The zero-order chi connectivity index (χ0) is 20.5. The summed E-state index contributed by atoms with van der Waals surface area (Å²) in [7, 11) is 0. The Kier molecular flexibility index (Phi) is 4.89. The van der Waals surface area contributed by atoms with Gasteiger partial charge in [0.1, 0.15) is 11.6 Å². The number of halogens is 2. The molecule has 0 atom stereocenters. The summed E-state index contributed by atoms with van der Waals surface area (Å²) in [5, 5.41) is 2.69. The minimum atomic E-state index is -0.968. The number of aromatic nitrogens is 1. The van der Waals surface area contributed by atoms with E-state index in [1.807, 2.05) is 0 Å². The fourth-order valence-electron chi connectivity index (χ4n) is 2.98. The number of thiazole rings is 1. The molecule has 0 aliphatic carbocycles. The summed E-state index contributed by atoms with van der Waals surface area (Å²) in [5.74, 6) is -3.16. The van der Waals surface area contributed by atoms with Gasteiger partial charge in [-0.2, -0.15) is 0 Å². The lowest BCUT2D eigenvalue weighted by atomic mass is 10.1. The summed E-state index contributed by atoms with van der Waals surface area (Å²) in [6, 6.07) is 9.31. The fraction of sp³-hybridized carbons (Fsp3) is 0.100. The zero-order valence-corrected chi connectivity index (χ0v) is 15.6. The molecule has 1 N–H and O–H groups in total. The van der Waals surface area contributed by atoms with Crippen LogP contribution in [0.3, 0.4) is 0 Å². The van der Waals surface area contributed by atoms with E-state index in [0.29, 0.717) is 23.6 Å². The van der Waals surface area contributed by atoms with Gasteiger partial charge in [-0.05, 0) is 24.3 Å². The van der Waals surface area contributed by atoms with Crippen molar-refractivity contribution >= 4 is 34.2 Å². The van der Waals surface area contributed by atoms with Gasteiger partial charge in [-0.3, -0.25) is 24.6 Å². The smallest absolute Gasteiger partial charge is 0.261 e. The SMILES string of the molecule is O=C(Nc1ncc(CCN2C(=O)c3ccccc3C2=O)s1)c1ccc(F)cc1F. The van der Waals surface area contributed by atoms with Crippen molar-refractivity contribution in [3.63, 3.8) is 0 Å². The van der Waals surface area contributed by atoms with Crippen LogP contribution in [0, 0.1) is 11.6 Å². The Morgan fingerprint density at radius 3 is 2.41 bits per heavy atom. The predicted molar refractivity (Wildman–Crippen MR) is 102 cm³/mol. The first kappa shape index (κ1) is 18.9. The van der Waals surface area contributed by atoms with E-state index < -0.39 is 17.5 Å². The van der Waals surface area contributed by atoms with Gasteiger partial charge in [0.25, 0.3) is 17.7 Å². The number of rotatable bonds is 5. The molecule has 0 unspecified atom stereocenters. The highest BCUT2D eigenvalue weighted by molar-refractivity contribution is 7.15. The molecule has 1 aromatic heterocycles. The number of nitrogens with one attached hydrogen (secondary N) is 1. The van der Waals surface area contributed by atoms with Gasteiger partial charge in [-0.1, -0.05) is 12.1 Å². The van der Waals surface area contributed by atoms with Crippen LogP contribution in [0.1, 0.15) is 36.0 Å². The quantitative estimate of drug-likeness (QED) is 0.650. The first-order valence-electron chi connectivity index (χ1n) is 8.60. The van der Waals surface area contributed by atoms with E-state index in [2.05, 4.69) is 10.3 Å². The third-order valence-corrected chi connectivity index (χ3v) is 5.38. The molecule has 6 nitrogen and oxygen atoms in total. The average molecular weight is 413 g/mol. The predicted octanol–water partition coefficient (Wildman–Crippen LogP) is 3.51. The number of anilines is 1. The summed E-state index contributed by atoms with van der Waals surface area (Å²) in [4.78, 5) is 42.8. The average Bonchev–Trinajstić information content (AvgIpc) is 3.23. The Labute approximate surface area is 167 Å². The Morgan fingerprint density at radius 1 is 1.07 bits per heavy atom. The summed E-state index contributed by atoms with van der Waals surface area (Å²) >= 11 is 1.15. The lowest BCUT2D eigenvalue weighted by Crippen LogP contribution is -2.31. The molecule has 2 aromatic carbocycles. The summed E-state index contributed by atoms with van der Waals surface area (Å²) in [6.07, 6.45) is 1.88. The van der Waals surface area contributed by atoms with Crippen LogP contribution in [-0.4, -0.2) is 34.2 Å². The highest BCUT2D eigenvalue weighted by Gasteiger charge is 2.34. The number of imide groups is 1. The van der Waals surface area contributed by atoms with Crippen LogP contribution in [0.25, 0.3) is 0 Å². The van der Waals surface area contributed by atoms with E-state index in [4.69, 9.17) is 0 Å². The number of benzene rings is 2. The van der Waals surface area contributed by atoms with E-state index in [1.54, 1.807) is 24.3 Å². The van der Waals surface area contributed by atoms with Crippen molar-refractivity contribution in [2.75, 3.05) is 11.9 Å². The molecular weight excluding hydrogens is 400 g/mol. The van der Waals surface area contributed by atoms with Crippen molar-refractivity contribution in [1.29, 1.82) is 0 Å². The Bertz CT molecular complexity index is 1110. The Hall–Kier alpha value is -3.46. The molecule has 1 aliphatic rings. The number of carbonyl (C=O) groups is 3. The first-order valence-corrected chi connectivity index (χ1v) is 9.42. The van der Waals surface area contributed by atoms with E-state index in [1.165, 1.54) is 11.1 Å². The van der Waals surface area contributed by atoms with Crippen LogP contribution in [0.5, 0.6) is 0 Å². The van der Waals surface area contributed by atoms with Gasteiger partial charge in [-0.25, -0.2) is 13.8 Å². The van der Waals surface area contributed by atoms with Gasteiger partial charge in [0.2, 0.25) is 0 Å². The van der Waals surface area contributed by atoms with Crippen LogP contribution in [0.4, 0.5) is 13.9 Å². The van der Waals surface area contributed by atoms with E-state index in [-0.39, 0.29) is 29.1 Å². The van der Waals surface area contributed by atoms with E-state index in [0.717, 1.165) is 28.3 Å². The van der Waals surface area contributed by atoms with Crippen molar-refractivity contribution in [2.24, 2.45) is 0 Å². The molecule has 0 saturated heterocycles.